The zero-order valence-corrected chi connectivity index (χ0v) is 10.9. The maximum absolute atomic E-state index is 5.00. The number of hydrogen-bond acceptors (Lipinski definition) is 5. The number of nitrogens with two attached hydrogens (primary N) is 1. The van der Waals surface area contributed by atoms with Gasteiger partial charge < -0.3 is 0 Å². The Morgan fingerprint density at radius 3 is 2.94 bits per heavy atom. The molecule has 0 atom stereocenters. The van der Waals surface area contributed by atoms with E-state index in [9.17, 15) is 0 Å². The maximum Gasteiger partial charge on any atom is 0.144 e. The van der Waals surface area contributed by atoms with Gasteiger partial charge in [-0.05, 0) is 18.6 Å². The first-order valence-corrected chi connectivity index (χ1v) is 5.13. The molecule has 0 amide bonds. The third-order valence-electron chi connectivity index (χ3n) is 2.11. The van der Waals surface area contributed by atoms with Crippen molar-refractivity contribution in [2.24, 2.45) is 5.90 Å². The molecule has 88 valence electrons. The number of aromatic nitrogens is 2. The fourth-order valence-electron chi connectivity index (χ4n) is 1.41. The van der Waals surface area contributed by atoms with Crippen LogP contribution in [0, 0.1) is 6.92 Å². The molecule has 0 fully saturated rings. The van der Waals surface area contributed by atoms with Crippen molar-refractivity contribution in [3.05, 3.63) is 30.1 Å². The van der Waals surface area contributed by atoms with E-state index in [1.807, 2.05) is 36.7 Å². The van der Waals surface area contributed by atoms with Crippen LogP contribution in [-0.2, 0) is 4.28 Å². The minimum Gasteiger partial charge on any atom is -0.285 e. The standard InChI is InChI=1S/C9H12N4OS.H2S/c1-7-3-4-8-11-5-9(13(8)6-7)12(2)15-14-10;/h3-6H,10H2,1-2H3;1H2. The number of pyridine rings is 1. The van der Waals surface area contributed by atoms with Gasteiger partial charge >= 0.3 is 0 Å². The first-order valence-electron chi connectivity index (χ1n) is 4.43. The second-order valence-corrected chi connectivity index (χ2v) is 4.11. The van der Waals surface area contributed by atoms with Gasteiger partial charge in [0.05, 0.1) is 6.20 Å². The van der Waals surface area contributed by atoms with Crippen LogP contribution < -0.4 is 10.2 Å². The van der Waals surface area contributed by atoms with Gasteiger partial charge in [-0.2, -0.15) is 13.5 Å². The molecule has 0 bridgehead atoms. The van der Waals surface area contributed by atoms with Crippen LogP contribution in [-0.4, -0.2) is 16.4 Å². The van der Waals surface area contributed by atoms with Crippen LogP contribution in [0.2, 0.25) is 0 Å². The molecule has 0 spiro atoms. The van der Waals surface area contributed by atoms with Crippen molar-refractivity contribution in [2.75, 3.05) is 11.4 Å². The summed E-state index contributed by atoms with van der Waals surface area (Å²) in [5.74, 6) is 5.92. The molecule has 0 saturated carbocycles. The van der Waals surface area contributed by atoms with Gasteiger partial charge in [-0.1, -0.05) is 6.07 Å². The second-order valence-electron chi connectivity index (χ2n) is 3.22. The van der Waals surface area contributed by atoms with Crippen molar-refractivity contribution in [3.8, 4) is 0 Å². The van der Waals surface area contributed by atoms with Gasteiger partial charge in [0.25, 0.3) is 0 Å². The first kappa shape index (κ1) is 13.2. The summed E-state index contributed by atoms with van der Waals surface area (Å²) in [6.45, 7) is 2.04. The van der Waals surface area contributed by atoms with Crippen LogP contribution in [0.4, 0.5) is 5.82 Å². The van der Waals surface area contributed by atoms with Gasteiger partial charge in [-0.15, -0.1) is 0 Å². The molecule has 2 N–H and O–H groups in total. The minimum absolute atomic E-state index is 0. The van der Waals surface area contributed by atoms with E-state index in [1.54, 1.807) is 10.5 Å². The number of hydrogen-bond donors (Lipinski definition) is 1. The Kier molecular flexibility index (Phi) is 4.48. The molecule has 0 radical (unpaired) electrons. The van der Waals surface area contributed by atoms with Crippen molar-refractivity contribution in [1.29, 1.82) is 0 Å². The average molecular weight is 258 g/mol. The van der Waals surface area contributed by atoms with E-state index in [0.29, 0.717) is 0 Å². The van der Waals surface area contributed by atoms with Crippen LogP contribution in [0.3, 0.4) is 0 Å². The number of nitrogens with zero attached hydrogens (tertiary/aromatic N) is 3. The monoisotopic (exact) mass is 258 g/mol. The second kappa shape index (κ2) is 5.44. The minimum atomic E-state index is 0. The van der Waals surface area contributed by atoms with Gasteiger partial charge in [0.1, 0.15) is 23.7 Å². The summed E-state index contributed by atoms with van der Waals surface area (Å²) in [6.07, 6.45) is 3.80. The van der Waals surface area contributed by atoms with E-state index in [1.165, 1.54) is 5.56 Å². The summed E-state index contributed by atoms with van der Waals surface area (Å²) in [6, 6.07) is 4.00. The fourth-order valence-corrected chi connectivity index (χ4v) is 1.75. The topological polar surface area (TPSA) is 55.8 Å². The molecule has 2 heterocycles. The molecule has 2 aromatic heterocycles. The molecule has 0 aliphatic carbocycles. The lowest BCUT2D eigenvalue weighted by atomic mass is 10.3. The van der Waals surface area contributed by atoms with E-state index in [-0.39, 0.29) is 13.5 Å². The Morgan fingerprint density at radius 1 is 1.50 bits per heavy atom. The van der Waals surface area contributed by atoms with Crippen LogP contribution >= 0.6 is 25.7 Å². The zero-order valence-electron chi connectivity index (χ0n) is 9.04. The Bertz CT molecular complexity index is 473. The van der Waals surface area contributed by atoms with E-state index >= 15 is 0 Å². The third-order valence-corrected chi connectivity index (χ3v) is 2.61. The number of aryl methyl sites for hydroxylation is 1. The highest BCUT2D eigenvalue weighted by Crippen LogP contribution is 2.21. The van der Waals surface area contributed by atoms with Gasteiger partial charge in [0, 0.05) is 13.2 Å². The molecule has 0 aliphatic heterocycles. The van der Waals surface area contributed by atoms with Crippen LogP contribution in [0.25, 0.3) is 5.65 Å². The Labute approximate surface area is 105 Å². The molecule has 7 heteroatoms. The van der Waals surface area contributed by atoms with Crippen molar-refractivity contribution < 1.29 is 4.28 Å². The molecule has 0 saturated heterocycles. The fraction of sp³-hybridized carbons (Fsp3) is 0.222. The highest BCUT2D eigenvalue weighted by atomic mass is 32.2. The summed E-state index contributed by atoms with van der Waals surface area (Å²) >= 11 is 1.06. The summed E-state index contributed by atoms with van der Waals surface area (Å²) in [7, 11) is 1.86. The molecule has 2 rings (SSSR count). The molecule has 16 heavy (non-hydrogen) atoms. The maximum atomic E-state index is 5.00. The Balaban J connectivity index is 0.00000128. The van der Waals surface area contributed by atoms with Crippen LogP contribution in [0.1, 0.15) is 5.56 Å². The molecule has 0 aliphatic rings. The van der Waals surface area contributed by atoms with Crippen molar-refractivity contribution in [3.63, 3.8) is 0 Å². The van der Waals surface area contributed by atoms with Gasteiger partial charge in [-0.25, -0.2) is 15.2 Å². The summed E-state index contributed by atoms with van der Waals surface area (Å²) in [4.78, 5) is 4.27. The highest BCUT2D eigenvalue weighted by Gasteiger charge is 2.08. The lowest BCUT2D eigenvalue weighted by molar-refractivity contribution is 0.397. The summed E-state index contributed by atoms with van der Waals surface area (Å²) in [5.41, 5.74) is 2.08. The van der Waals surface area contributed by atoms with Crippen LogP contribution in [0.15, 0.2) is 24.5 Å². The predicted octanol–water partition coefficient (Wildman–Crippen LogP) is 1.65. The number of rotatable bonds is 3. The Hall–Kier alpha value is -0.890. The molecular weight excluding hydrogens is 244 g/mol. The normalized spacial score (nSPS) is 10.2. The van der Waals surface area contributed by atoms with E-state index in [2.05, 4.69) is 9.27 Å². The lowest BCUT2D eigenvalue weighted by Gasteiger charge is -2.13. The van der Waals surface area contributed by atoms with Crippen molar-refractivity contribution in [2.45, 2.75) is 6.92 Å². The number of imidazole rings is 1. The summed E-state index contributed by atoms with van der Waals surface area (Å²) < 4.78 is 8.30. The quantitative estimate of drug-likeness (QED) is 0.515. The van der Waals surface area contributed by atoms with E-state index in [4.69, 9.17) is 5.90 Å². The number of fused-ring (bicyclic) bond motifs is 1. The molecule has 5 nitrogen and oxygen atoms in total. The lowest BCUT2D eigenvalue weighted by Crippen LogP contribution is -2.11. The van der Waals surface area contributed by atoms with E-state index in [0.717, 1.165) is 23.7 Å². The van der Waals surface area contributed by atoms with Gasteiger partial charge in [0.15, 0.2) is 0 Å². The first-order chi connectivity index (χ1) is 7.22. The van der Waals surface area contributed by atoms with E-state index < -0.39 is 0 Å². The molecule has 0 aromatic carbocycles. The van der Waals surface area contributed by atoms with Crippen molar-refractivity contribution >= 4 is 37.2 Å². The van der Waals surface area contributed by atoms with Gasteiger partial charge in [-0.3, -0.25) is 8.71 Å². The third kappa shape index (κ3) is 2.43. The number of anilines is 1. The molecule has 0 unspecified atom stereocenters. The smallest absolute Gasteiger partial charge is 0.144 e. The Morgan fingerprint density at radius 2 is 2.25 bits per heavy atom. The molecular formula is C9H14N4OS2. The SMILES string of the molecule is Cc1ccc2ncc(N(C)SON)n2c1.S. The summed E-state index contributed by atoms with van der Waals surface area (Å²) in [5, 5.41) is 0. The zero-order chi connectivity index (χ0) is 10.8. The predicted molar refractivity (Wildman–Crippen MR) is 71.6 cm³/mol. The largest absolute Gasteiger partial charge is 0.285 e. The van der Waals surface area contributed by atoms with Crippen molar-refractivity contribution in [1.82, 2.24) is 9.38 Å². The molecule has 2 aromatic rings. The average Bonchev–Trinajstić information content (AvgIpc) is 2.60. The highest BCUT2D eigenvalue weighted by molar-refractivity contribution is 7.96. The van der Waals surface area contributed by atoms with Gasteiger partial charge in [0.2, 0.25) is 0 Å². The van der Waals surface area contributed by atoms with Crippen LogP contribution in [0.5, 0.6) is 0 Å².